The smallest absolute Gasteiger partial charge is 0.164 e. The molecule has 3 heteroatoms. The van der Waals surface area contributed by atoms with Gasteiger partial charge < -0.3 is 9.80 Å². The molecule has 0 saturated carbocycles. The molecule has 1 saturated heterocycles. The number of rotatable bonds is 4. The number of Topliss-reactive ketones (excluding diaryl/α,β-unsaturated/α-hetero) is 1. The van der Waals surface area contributed by atoms with Gasteiger partial charge in [0.1, 0.15) is 0 Å². The van der Waals surface area contributed by atoms with Gasteiger partial charge in [-0.15, -0.1) is 0 Å². The second kappa shape index (κ2) is 6.51. The zero-order valence-electron chi connectivity index (χ0n) is 13.1. The van der Waals surface area contributed by atoms with E-state index in [-0.39, 0.29) is 5.78 Å². The first-order valence-electron chi connectivity index (χ1n) is 7.49. The minimum atomic E-state index is 0.257. The van der Waals surface area contributed by atoms with Crippen LogP contribution in [0.2, 0.25) is 0 Å². The van der Waals surface area contributed by atoms with E-state index in [0.29, 0.717) is 18.4 Å². The highest BCUT2D eigenvalue weighted by Gasteiger charge is 2.24. The minimum Gasteiger partial charge on any atom is -0.304 e. The molecule has 0 amide bonds. The molecule has 1 aromatic carbocycles. The zero-order valence-corrected chi connectivity index (χ0v) is 13.1. The highest BCUT2D eigenvalue weighted by Crippen LogP contribution is 2.17. The highest BCUT2D eigenvalue weighted by atomic mass is 16.1. The van der Waals surface area contributed by atoms with Crippen LogP contribution in [0.15, 0.2) is 24.3 Å². The van der Waals surface area contributed by atoms with E-state index >= 15 is 0 Å². The van der Waals surface area contributed by atoms with Gasteiger partial charge in [-0.2, -0.15) is 0 Å². The molecule has 20 heavy (non-hydrogen) atoms. The summed E-state index contributed by atoms with van der Waals surface area (Å²) in [5.74, 6) is 0.768. The molecule has 0 bridgehead atoms. The average molecular weight is 274 g/mol. The van der Waals surface area contributed by atoms with Gasteiger partial charge in [0, 0.05) is 37.7 Å². The number of hydrogen-bond donors (Lipinski definition) is 0. The Hall–Kier alpha value is -1.19. The molecule has 0 N–H and O–H groups in total. The number of carbonyl (C=O) groups is 1. The maximum Gasteiger partial charge on any atom is 0.164 e. The van der Waals surface area contributed by atoms with E-state index in [4.69, 9.17) is 0 Å². The summed E-state index contributed by atoms with van der Waals surface area (Å²) in [6, 6.07) is 8.45. The van der Waals surface area contributed by atoms with Crippen LogP contribution >= 0.6 is 0 Å². The van der Waals surface area contributed by atoms with Gasteiger partial charge in [-0.25, -0.2) is 0 Å². The lowest BCUT2D eigenvalue weighted by molar-refractivity contribution is 0.0810. The molecule has 2 rings (SSSR count). The summed E-state index contributed by atoms with van der Waals surface area (Å²) in [5.41, 5.74) is 2.13. The van der Waals surface area contributed by atoms with E-state index in [0.717, 1.165) is 25.2 Å². The molecule has 1 aromatic rings. The van der Waals surface area contributed by atoms with Gasteiger partial charge >= 0.3 is 0 Å². The Morgan fingerprint density at radius 1 is 1.20 bits per heavy atom. The number of likely N-dealkylation sites (N-methyl/N-ethyl adjacent to an activating group) is 2. The molecule has 110 valence electrons. The van der Waals surface area contributed by atoms with E-state index in [1.54, 1.807) is 0 Å². The Balaban J connectivity index is 2.00. The quantitative estimate of drug-likeness (QED) is 0.789. The number of piperazine rings is 1. The second-order valence-electron chi connectivity index (χ2n) is 6.30. The summed E-state index contributed by atoms with van der Waals surface area (Å²) in [6.45, 7) is 7.45. The third-order valence-corrected chi connectivity index (χ3v) is 4.30. The predicted molar refractivity (Wildman–Crippen MR) is 83.4 cm³/mol. The lowest BCUT2D eigenvalue weighted by atomic mass is 9.97. The summed E-state index contributed by atoms with van der Waals surface area (Å²) in [6.07, 6.45) is 0.613. The van der Waals surface area contributed by atoms with E-state index in [2.05, 4.69) is 49.9 Å². The molecular formula is C17H26N2O. The van der Waals surface area contributed by atoms with Crippen molar-refractivity contribution in [1.82, 2.24) is 9.80 Å². The van der Waals surface area contributed by atoms with Crippen molar-refractivity contribution in [2.24, 2.45) is 0 Å². The van der Waals surface area contributed by atoms with Crippen LogP contribution in [0.5, 0.6) is 0 Å². The van der Waals surface area contributed by atoms with Crippen molar-refractivity contribution in [1.29, 1.82) is 0 Å². The predicted octanol–water partition coefficient (Wildman–Crippen LogP) is 2.63. The van der Waals surface area contributed by atoms with Crippen LogP contribution in [0.3, 0.4) is 0 Å². The van der Waals surface area contributed by atoms with Crippen LogP contribution in [-0.2, 0) is 0 Å². The van der Waals surface area contributed by atoms with Crippen LogP contribution in [0.1, 0.15) is 42.1 Å². The fraction of sp³-hybridized carbons (Fsp3) is 0.588. The van der Waals surface area contributed by atoms with Gasteiger partial charge in [0.2, 0.25) is 0 Å². The first-order valence-corrected chi connectivity index (χ1v) is 7.49. The first kappa shape index (κ1) is 15.2. The zero-order chi connectivity index (χ0) is 14.7. The fourth-order valence-electron chi connectivity index (χ4n) is 2.71. The molecular weight excluding hydrogens is 248 g/mol. The number of hydrogen-bond acceptors (Lipinski definition) is 3. The molecule has 0 aromatic heterocycles. The SMILES string of the molecule is CC(C)c1ccc(C(=O)CC2CN(C)CCN2C)cc1. The van der Waals surface area contributed by atoms with Crippen molar-refractivity contribution in [3.05, 3.63) is 35.4 Å². The van der Waals surface area contributed by atoms with Gasteiger partial charge in [-0.3, -0.25) is 4.79 Å². The van der Waals surface area contributed by atoms with Gasteiger partial charge in [0.15, 0.2) is 5.78 Å². The average Bonchev–Trinajstić information content (AvgIpc) is 2.43. The molecule has 1 atom stereocenters. The largest absolute Gasteiger partial charge is 0.304 e. The molecule has 0 aliphatic carbocycles. The van der Waals surface area contributed by atoms with Gasteiger partial charge in [0.25, 0.3) is 0 Å². The van der Waals surface area contributed by atoms with Crippen molar-refractivity contribution in [3.63, 3.8) is 0 Å². The lowest BCUT2D eigenvalue weighted by Gasteiger charge is -2.37. The monoisotopic (exact) mass is 274 g/mol. The Morgan fingerprint density at radius 2 is 1.85 bits per heavy atom. The normalized spacial score (nSPS) is 21.4. The Labute approximate surface area is 122 Å². The lowest BCUT2D eigenvalue weighted by Crippen LogP contribution is -2.50. The van der Waals surface area contributed by atoms with E-state index in [9.17, 15) is 4.79 Å². The molecule has 0 spiro atoms. The highest BCUT2D eigenvalue weighted by molar-refractivity contribution is 5.96. The van der Waals surface area contributed by atoms with Crippen molar-refractivity contribution in [2.75, 3.05) is 33.7 Å². The Kier molecular flexibility index (Phi) is 4.95. The minimum absolute atomic E-state index is 0.257. The van der Waals surface area contributed by atoms with E-state index in [1.807, 2.05) is 12.1 Å². The number of carbonyl (C=O) groups excluding carboxylic acids is 1. The first-order chi connectivity index (χ1) is 9.47. The summed E-state index contributed by atoms with van der Waals surface area (Å²) in [4.78, 5) is 17.0. The molecule has 1 fully saturated rings. The standard InChI is InChI=1S/C17H26N2O/c1-13(2)14-5-7-15(8-6-14)17(20)11-16-12-18(3)9-10-19(16)4/h5-8,13,16H,9-12H2,1-4H3. The molecule has 1 aliphatic heterocycles. The van der Waals surface area contributed by atoms with Crippen molar-refractivity contribution in [3.8, 4) is 0 Å². The molecule has 3 nitrogen and oxygen atoms in total. The van der Waals surface area contributed by atoms with Gasteiger partial charge in [-0.1, -0.05) is 38.1 Å². The van der Waals surface area contributed by atoms with Crippen LogP contribution in [-0.4, -0.2) is 55.4 Å². The maximum atomic E-state index is 12.4. The summed E-state index contributed by atoms with van der Waals surface area (Å²) in [7, 11) is 4.24. The van der Waals surface area contributed by atoms with Crippen molar-refractivity contribution < 1.29 is 4.79 Å². The Bertz CT molecular complexity index is 453. The summed E-state index contributed by atoms with van der Waals surface area (Å²) >= 11 is 0. The second-order valence-corrected chi connectivity index (χ2v) is 6.30. The number of benzene rings is 1. The van der Waals surface area contributed by atoms with Crippen molar-refractivity contribution in [2.45, 2.75) is 32.2 Å². The van der Waals surface area contributed by atoms with Crippen LogP contribution in [0.4, 0.5) is 0 Å². The summed E-state index contributed by atoms with van der Waals surface area (Å²) < 4.78 is 0. The third-order valence-electron chi connectivity index (χ3n) is 4.30. The molecule has 1 unspecified atom stereocenters. The van der Waals surface area contributed by atoms with E-state index in [1.165, 1.54) is 5.56 Å². The summed E-state index contributed by atoms with van der Waals surface area (Å²) in [5, 5.41) is 0. The fourth-order valence-corrected chi connectivity index (χ4v) is 2.71. The van der Waals surface area contributed by atoms with E-state index < -0.39 is 0 Å². The van der Waals surface area contributed by atoms with Crippen LogP contribution in [0, 0.1) is 0 Å². The molecule has 1 aliphatic rings. The number of ketones is 1. The Morgan fingerprint density at radius 3 is 2.45 bits per heavy atom. The van der Waals surface area contributed by atoms with Crippen molar-refractivity contribution >= 4 is 5.78 Å². The van der Waals surface area contributed by atoms with Crippen LogP contribution < -0.4 is 0 Å². The third kappa shape index (κ3) is 3.68. The molecule has 0 radical (unpaired) electrons. The topological polar surface area (TPSA) is 23.6 Å². The van der Waals surface area contributed by atoms with Gasteiger partial charge in [0.05, 0.1) is 0 Å². The number of nitrogens with zero attached hydrogens (tertiary/aromatic N) is 2. The van der Waals surface area contributed by atoms with Crippen LogP contribution in [0.25, 0.3) is 0 Å². The molecule has 1 heterocycles. The van der Waals surface area contributed by atoms with Gasteiger partial charge in [-0.05, 0) is 25.6 Å². The maximum absolute atomic E-state index is 12.4.